The van der Waals surface area contributed by atoms with Gasteiger partial charge in [0.15, 0.2) is 0 Å². The molecule has 0 amide bonds. The van der Waals surface area contributed by atoms with Crippen molar-refractivity contribution < 1.29 is 8.95 Å². The first-order valence-corrected chi connectivity index (χ1v) is 7.43. The van der Waals surface area contributed by atoms with E-state index in [1.165, 1.54) is 5.56 Å². The summed E-state index contributed by atoms with van der Waals surface area (Å²) in [5.74, 6) is 2.39. The van der Waals surface area contributed by atoms with Crippen molar-refractivity contribution in [3.8, 4) is 5.75 Å². The molecule has 1 unspecified atom stereocenters. The average Bonchev–Trinajstić information content (AvgIpc) is 2.38. The Morgan fingerprint density at radius 3 is 2.53 bits per heavy atom. The normalized spacial score (nSPS) is 12.4. The molecule has 1 rings (SSSR count). The summed E-state index contributed by atoms with van der Waals surface area (Å²) in [5, 5.41) is 3.30. The number of hydrogen-bond acceptors (Lipinski definition) is 3. The number of rotatable bonds is 8. The molecule has 3 nitrogen and oxygen atoms in total. The van der Waals surface area contributed by atoms with Crippen molar-refractivity contribution in [3.63, 3.8) is 0 Å². The van der Waals surface area contributed by atoms with Gasteiger partial charge < -0.3 is 10.1 Å². The Morgan fingerprint density at radius 1 is 1.24 bits per heavy atom. The first-order chi connectivity index (χ1) is 8.26. The molecule has 0 fully saturated rings. The second-order valence-electron chi connectivity index (χ2n) is 3.78. The zero-order chi connectivity index (χ0) is 12.5. The number of methoxy groups -OCH3 is 1. The Kier molecular flexibility index (Phi) is 6.89. The van der Waals surface area contributed by atoms with E-state index in [9.17, 15) is 4.21 Å². The van der Waals surface area contributed by atoms with Gasteiger partial charge in [-0.2, -0.15) is 0 Å². The lowest BCUT2D eigenvalue weighted by atomic mass is 10.1. The van der Waals surface area contributed by atoms with Gasteiger partial charge in [-0.3, -0.25) is 4.21 Å². The summed E-state index contributed by atoms with van der Waals surface area (Å²) in [7, 11) is 1.01. The van der Waals surface area contributed by atoms with Gasteiger partial charge in [0.25, 0.3) is 0 Å². The zero-order valence-electron chi connectivity index (χ0n) is 10.6. The van der Waals surface area contributed by atoms with Gasteiger partial charge in [0.2, 0.25) is 0 Å². The van der Waals surface area contributed by atoms with Crippen LogP contribution < -0.4 is 10.1 Å². The van der Waals surface area contributed by atoms with Crippen molar-refractivity contribution >= 4 is 10.8 Å². The van der Waals surface area contributed by atoms with Crippen LogP contribution in [0.15, 0.2) is 24.3 Å². The van der Waals surface area contributed by atoms with E-state index in [4.69, 9.17) is 4.74 Å². The minimum Gasteiger partial charge on any atom is -0.497 e. The summed E-state index contributed by atoms with van der Waals surface area (Å²) >= 11 is 0. The lowest BCUT2D eigenvalue weighted by molar-refractivity contribution is 0.414. The molecule has 1 N–H and O–H groups in total. The highest BCUT2D eigenvalue weighted by Crippen LogP contribution is 2.11. The number of nitrogens with one attached hydrogen (secondary N) is 1. The molecule has 0 spiro atoms. The Morgan fingerprint density at radius 2 is 1.94 bits per heavy atom. The number of ether oxygens (including phenoxy) is 1. The number of hydrogen-bond donors (Lipinski definition) is 1. The van der Waals surface area contributed by atoms with Crippen molar-refractivity contribution in [1.29, 1.82) is 0 Å². The highest BCUT2D eigenvalue weighted by Gasteiger charge is 1.96. The van der Waals surface area contributed by atoms with E-state index in [-0.39, 0.29) is 0 Å². The van der Waals surface area contributed by atoms with Crippen LogP contribution in [0.3, 0.4) is 0 Å². The third-order valence-electron chi connectivity index (χ3n) is 2.58. The van der Waals surface area contributed by atoms with E-state index in [0.717, 1.165) is 36.8 Å². The summed E-state index contributed by atoms with van der Waals surface area (Å²) in [6.45, 7) is 3.71. The highest BCUT2D eigenvalue weighted by molar-refractivity contribution is 7.84. The molecule has 17 heavy (non-hydrogen) atoms. The molecule has 0 aliphatic carbocycles. The van der Waals surface area contributed by atoms with Gasteiger partial charge in [0.1, 0.15) is 5.75 Å². The van der Waals surface area contributed by atoms with Gasteiger partial charge in [-0.15, -0.1) is 0 Å². The molecule has 0 radical (unpaired) electrons. The molecule has 0 heterocycles. The molecule has 0 aromatic heterocycles. The van der Waals surface area contributed by atoms with E-state index in [0.29, 0.717) is 0 Å². The van der Waals surface area contributed by atoms with E-state index in [1.54, 1.807) is 7.11 Å². The molecular formula is C13H21NO2S. The van der Waals surface area contributed by atoms with E-state index in [2.05, 4.69) is 17.4 Å². The fourth-order valence-electron chi connectivity index (χ4n) is 1.48. The van der Waals surface area contributed by atoms with Crippen LogP contribution in [0.1, 0.15) is 12.5 Å². The zero-order valence-corrected chi connectivity index (χ0v) is 11.4. The maximum absolute atomic E-state index is 11.2. The third-order valence-corrected chi connectivity index (χ3v) is 3.88. The quantitative estimate of drug-likeness (QED) is 0.717. The first-order valence-electron chi connectivity index (χ1n) is 5.95. The third kappa shape index (κ3) is 5.84. The smallest absolute Gasteiger partial charge is 0.118 e. The Balaban J connectivity index is 2.15. The van der Waals surface area contributed by atoms with Gasteiger partial charge in [0, 0.05) is 28.9 Å². The molecule has 96 valence electrons. The molecule has 4 heteroatoms. The fraction of sp³-hybridized carbons (Fsp3) is 0.538. The van der Waals surface area contributed by atoms with Crippen LogP contribution in [0.2, 0.25) is 0 Å². The maximum Gasteiger partial charge on any atom is 0.118 e. The van der Waals surface area contributed by atoms with Crippen LogP contribution in [0, 0.1) is 0 Å². The monoisotopic (exact) mass is 255 g/mol. The van der Waals surface area contributed by atoms with Gasteiger partial charge in [-0.05, 0) is 30.7 Å². The molecule has 1 aromatic carbocycles. The summed E-state index contributed by atoms with van der Waals surface area (Å²) in [5.41, 5.74) is 1.29. The largest absolute Gasteiger partial charge is 0.497 e. The van der Waals surface area contributed by atoms with Crippen LogP contribution in [0.5, 0.6) is 5.75 Å². The second-order valence-corrected chi connectivity index (χ2v) is 5.65. The van der Waals surface area contributed by atoms with Gasteiger partial charge in [0.05, 0.1) is 7.11 Å². The van der Waals surface area contributed by atoms with E-state index < -0.39 is 10.8 Å². The summed E-state index contributed by atoms with van der Waals surface area (Å²) in [6.07, 6.45) is 0.989. The molecule has 1 atom stereocenters. The fourth-order valence-corrected chi connectivity index (χ4v) is 2.14. The highest BCUT2D eigenvalue weighted by atomic mass is 32.2. The average molecular weight is 255 g/mol. The second kappa shape index (κ2) is 8.25. The van der Waals surface area contributed by atoms with Crippen molar-refractivity contribution in [1.82, 2.24) is 5.32 Å². The molecular weight excluding hydrogens is 234 g/mol. The lowest BCUT2D eigenvalue weighted by Gasteiger charge is -2.05. The van der Waals surface area contributed by atoms with Crippen molar-refractivity contribution in [2.75, 3.05) is 31.7 Å². The van der Waals surface area contributed by atoms with E-state index >= 15 is 0 Å². The van der Waals surface area contributed by atoms with Crippen molar-refractivity contribution in [3.05, 3.63) is 29.8 Å². The summed E-state index contributed by atoms with van der Waals surface area (Å²) < 4.78 is 16.3. The van der Waals surface area contributed by atoms with E-state index in [1.807, 2.05) is 19.1 Å². The maximum atomic E-state index is 11.2. The minimum atomic E-state index is -0.658. The van der Waals surface area contributed by atoms with Gasteiger partial charge in [-0.1, -0.05) is 19.1 Å². The van der Waals surface area contributed by atoms with Gasteiger partial charge in [-0.25, -0.2) is 0 Å². The molecule has 0 saturated heterocycles. The first kappa shape index (κ1) is 14.2. The van der Waals surface area contributed by atoms with Crippen molar-refractivity contribution in [2.45, 2.75) is 13.3 Å². The number of benzene rings is 1. The molecule has 1 aromatic rings. The van der Waals surface area contributed by atoms with Crippen LogP contribution in [0.4, 0.5) is 0 Å². The predicted molar refractivity (Wildman–Crippen MR) is 73.1 cm³/mol. The van der Waals surface area contributed by atoms with Crippen molar-refractivity contribution in [2.24, 2.45) is 0 Å². The van der Waals surface area contributed by atoms with Gasteiger partial charge >= 0.3 is 0 Å². The molecule has 0 saturated carbocycles. The Bertz CT molecular complexity index is 338. The summed E-state index contributed by atoms with van der Waals surface area (Å²) in [6, 6.07) is 8.10. The lowest BCUT2D eigenvalue weighted by Crippen LogP contribution is -2.23. The molecule has 0 aliphatic heterocycles. The van der Waals surface area contributed by atoms with Crippen LogP contribution in [0.25, 0.3) is 0 Å². The Hall–Kier alpha value is -0.870. The molecule has 0 aliphatic rings. The van der Waals surface area contributed by atoms with Crippen LogP contribution >= 0.6 is 0 Å². The topological polar surface area (TPSA) is 38.3 Å². The van der Waals surface area contributed by atoms with Crippen LogP contribution in [-0.2, 0) is 17.2 Å². The minimum absolute atomic E-state index is 0.658. The molecule has 0 bridgehead atoms. The predicted octanol–water partition coefficient (Wildman–Crippen LogP) is 1.60. The SMILES string of the molecule is CCS(=O)CCNCCc1ccc(OC)cc1. The standard InChI is InChI=1S/C13H21NO2S/c1-3-17(15)11-10-14-9-8-12-4-6-13(16-2)7-5-12/h4-7,14H,3,8-11H2,1-2H3. The van der Waals surface area contributed by atoms with Crippen LogP contribution in [-0.4, -0.2) is 35.9 Å². The Labute approximate surface area is 106 Å². The summed E-state index contributed by atoms with van der Waals surface area (Å²) in [4.78, 5) is 0.